The smallest absolute Gasteiger partial charge is 0.416 e. The Morgan fingerprint density at radius 3 is 2.50 bits per heavy atom. The molecule has 18 heavy (non-hydrogen) atoms. The molecule has 1 heterocycles. The lowest BCUT2D eigenvalue weighted by Crippen LogP contribution is -2.18. The number of alkyl halides is 3. The Labute approximate surface area is 102 Å². The van der Waals surface area contributed by atoms with Crippen LogP contribution in [0.4, 0.5) is 13.2 Å². The number of benzene rings is 1. The molecule has 0 spiro atoms. The summed E-state index contributed by atoms with van der Waals surface area (Å²) < 4.78 is 42.9. The first-order valence-electron chi connectivity index (χ1n) is 5.39. The molecule has 0 aliphatic heterocycles. The van der Waals surface area contributed by atoms with Gasteiger partial charge in [-0.1, -0.05) is 12.1 Å². The van der Waals surface area contributed by atoms with Gasteiger partial charge >= 0.3 is 6.18 Å². The molecule has 2 nitrogen and oxygen atoms in total. The monoisotopic (exact) mass is 255 g/mol. The van der Waals surface area contributed by atoms with Gasteiger partial charge in [-0.05, 0) is 30.8 Å². The second-order valence-electron chi connectivity index (χ2n) is 3.90. The minimum atomic E-state index is -4.33. The van der Waals surface area contributed by atoms with E-state index in [2.05, 4.69) is 5.32 Å². The van der Waals surface area contributed by atoms with E-state index < -0.39 is 11.7 Å². The maximum absolute atomic E-state index is 12.6. The molecule has 2 aromatic rings. The Morgan fingerprint density at radius 2 is 1.94 bits per heavy atom. The van der Waals surface area contributed by atoms with E-state index >= 15 is 0 Å². The van der Waals surface area contributed by atoms with Crippen LogP contribution in [0.15, 0.2) is 47.3 Å². The topological polar surface area (TPSA) is 25.2 Å². The average molecular weight is 255 g/mol. The van der Waals surface area contributed by atoms with Crippen LogP contribution in [0.1, 0.15) is 22.7 Å². The van der Waals surface area contributed by atoms with Crippen molar-refractivity contribution >= 4 is 0 Å². The minimum Gasteiger partial charge on any atom is -0.472 e. The first-order valence-corrected chi connectivity index (χ1v) is 5.39. The van der Waals surface area contributed by atoms with Crippen LogP contribution in [0.3, 0.4) is 0 Å². The molecule has 1 aromatic carbocycles. The van der Waals surface area contributed by atoms with Crippen molar-refractivity contribution in [1.29, 1.82) is 0 Å². The van der Waals surface area contributed by atoms with Crippen molar-refractivity contribution in [3.05, 3.63) is 59.5 Å². The minimum absolute atomic E-state index is 0.314. The fourth-order valence-corrected chi connectivity index (χ4v) is 1.86. The van der Waals surface area contributed by atoms with Crippen molar-refractivity contribution < 1.29 is 17.6 Å². The fourth-order valence-electron chi connectivity index (χ4n) is 1.86. The molecule has 1 N–H and O–H groups in total. The number of rotatable bonds is 3. The molecular weight excluding hydrogens is 243 g/mol. The Hall–Kier alpha value is -1.75. The molecule has 0 bridgehead atoms. The van der Waals surface area contributed by atoms with Crippen molar-refractivity contribution in [2.45, 2.75) is 12.2 Å². The van der Waals surface area contributed by atoms with E-state index in [-0.39, 0.29) is 6.04 Å². The predicted octanol–water partition coefficient (Wildman–Crippen LogP) is 3.61. The fraction of sp³-hybridized carbons (Fsp3) is 0.231. The largest absolute Gasteiger partial charge is 0.472 e. The van der Waals surface area contributed by atoms with Gasteiger partial charge in [0.05, 0.1) is 24.1 Å². The number of halogens is 3. The zero-order valence-electron chi connectivity index (χ0n) is 9.66. The molecule has 1 atom stereocenters. The van der Waals surface area contributed by atoms with E-state index in [1.807, 2.05) is 0 Å². The van der Waals surface area contributed by atoms with Crippen LogP contribution in [0.5, 0.6) is 0 Å². The molecule has 1 unspecified atom stereocenters. The lowest BCUT2D eigenvalue weighted by molar-refractivity contribution is -0.137. The third-order valence-corrected chi connectivity index (χ3v) is 2.71. The van der Waals surface area contributed by atoms with E-state index in [1.165, 1.54) is 18.6 Å². The van der Waals surface area contributed by atoms with Crippen molar-refractivity contribution in [3.8, 4) is 0 Å². The van der Waals surface area contributed by atoms with Gasteiger partial charge in [-0.3, -0.25) is 0 Å². The van der Waals surface area contributed by atoms with Gasteiger partial charge in [0, 0.05) is 5.56 Å². The third kappa shape index (κ3) is 2.56. The van der Waals surface area contributed by atoms with Crippen molar-refractivity contribution in [1.82, 2.24) is 5.32 Å². The zero-order valence-corrected chi connectivity index (χ0v) is 9.66. The summed E-state index contributed by atoms with van der Waals surface area (Å²) in [5.74, 6) is 0. The summed E-state index contributed by atoms with van der Waals surface area (Å²) in [5.41, 5.74) is 0.689. The summed E-state index contributed by atoms with van der Waals surface area (Å²) in [7, 11) is 1.69. The molecule has 0 aliphatic rings. The van der Waals surface area contributed by atoms with Gasteiger partial charge in [0.1, 0.15) is 0 Å². The molecule has 0 amide bonds. The summed E-state index contributed by atoms with van der Waals surface area (Å²) in [5, 5.41) is 2.97. The highest BCUT2D eigenvalue weighted by molar-refractivity contribution is 5.33. The molecular formula is C13H12F3NO. The maximum Gasteiger partial charge on any atom is 0.416 e. The molecule has 96 valence electrons. The molecule has 1 aromatic heterocycles. The van der Waals surface area contributed by atoms with E-state index in [9.17, 15) is 13.2 Å². The van der Waals surface area contributed by atoms with Crippen LogP contribution in [0.25, 0.3) is 0 Å². The van der Waals surface area contributed by atoms with Crippen LogP contribution < -0.4 is 5.32 Å². The van der Waals surface area contributed by atoms with E-state index in [0.29, 0.717) is 5.56 Å². The normalized spacial score (nSPS) is 13.6. The molecule has 0 aliphatic carbocycles. The zero-order chi connectivity index (χ0) is 13.2. The molecule has 5 heteroatoms. The standard InChI is InChI=1S/C13H12F3NO/c1-17-12(10-5-6-18-8-10)9-3-2-4-11(7-9)13(14,15)16/h2-8,12,17H,1H3. The van der Waals surface area contributed by atoms with Gasteiger partial charge in [-0.2, -0.15) is 13.2 Å². The lowest BCUT2D eigenvalue weighted by Gasteiger charge is -2.16. The van der Waals surface area contributed by atoms with Gasteiger partial charge in [0.2, 0.25) is 0 Å². The summed E-state index contributed by atoms with van der Waals surface area (Å²) >= 11 is 0. The van der Waals surface area contributed by atoms with Gasteiger partial charge in [0.25, 0.3) is 0 Å². The van der Waals surface area contributed by atoms with Crippen molar-refractivity contribution in [3.63, 3.8) is 0 Å². The number of hydrogen-bond donors (Lipinski definition) is 1. The van der Waals surface area contributed by atoms with Gasteiger partial charge in [-0.25, -0.2) is 0 Å². The van der Waals surface area contributed by atoms with E-state index in [0.717, 1.165) is 17.7 Å². The number of furan rings is 1. The molecule has 0 fully saturated rings. The van der Waals surface area contributed by atoms with E-state index in [4.69, 9.17) is 4.42 Å². The average Bonchev–Trinajstić information content (AvgIpc) is 2.83. The van der Waals surface area contributed by atoms with Gasteiger partial charge < -0.3 is 9.73 Å². The first-order chi connectivity index (χ1) is 8.52. The van der Waals surface area contributed by atoms with Crippen molar-refractivity contribution in [2.24, 2.45) is 0 Å². The summed E-state index contributed by atoms with van der Waals surface area (Å²) in [6.07, 6.45) is -1.32. The molecule has 2 rings (SSSR count). The summed E-state index contributed by atoms with van der Waals surface area (Å²) in [4.78, 5) is 0. The predicted molar refractivity (Wildman–Crippen MR) is 61.1 cm³/mol. The van der Waals surface area contributed by atoms with Crippen LogP contribution in [-0.4, -0.2) is 7.05 Å². The SMILES string of the molecule is CNC(c1ccoc1)c1cccc(C(F)(F)F)c1. The summed E-state index contributed by atoms with van der Waals surface area (Å²) in [6, 6.07) is 6.68. The van der Waals surface area contributed by atoms with Crippen LogP contribution >= 0.6 is 0 Å². The van der Waals surface area contributed by atoms with Crippen LogP contribution in [0.2, 0.25) is 0 Å². The highest BCUT2D eigenvalue weighted by Gasteiger charge is 2.31. The number of nitrogens with one attached hydrogen (secondary N) is 1. The van der Waals surface area contributed by atoms with Crippen LogP contribution in [-0.2, 0) is 6.18 Å². The second-order valence-corrected chi connectivity index (χ2v) is 3.90. The summed E-state index contributed by atoms with van der Waals surface area (Å²) in [6.45, 7) is 0. The highest BCUT2D eigenvalue weighted by Crippen LogP contribution is 2.32. The molecule has 0 saturated carbocycles. The quantitative estimate of drug-likeness (QED) is 0.906. The van der Waals surface area contributed by atoms with Gasteiger partial charge in [0.15, 0.2) is 0 Å². The van der Waals surface area contributed by atoms with Gasteiger partial charge in [-0.15, -0.1) is 0 Å². The Balaban J connectivity index is 2.38. The number of hydrogen-bond acceptors (Lipinski definition) is 2. The molecule has 0 radical (unpaired) electrons. The first kappa shape index (κ1) is 12.7. The third-order valence-electron chi connectivity index (χ3n) is 2.71. The van der Waals surface area contributed by atoms with Crippen molar-refractivity contribution in [2.75, 3.05) is 7.05 Å². The van der Waals surface area contributed by atoms with E-state index in [1.54, 1.807) is 19.2 Å². The maximum atomic E-state index is 12.6. The Bertz CT molecular complexity index is 505. The second kappa shape index (κ2) is 4.86. The molecule has 0 saturated heterocycles. The Morgan fingerprint density at radius 1 is 1.17 bits per heavy atom. The van der Waals surface area contributed by atoms with Crippen LogP contribution in [0, 0.1) is 0 Å². The highest BCUT2D eigenvalue weighted by atomic mass is 19.4. The Kier molecular flexibility index (Phi) is 3.43. The lowest BCUT2D eigenvalue weighted by atomic mass is 9.99.